The number of carbonyl (C=O) groups is 1. The highest BCUT2D eigenvalue weighted by molar-refractivity contribution is 6.04. The van der Waals surface area contributed by atoms with Gasteiger partial charge in [0, 0.05) is 13.2 Å². The van der Waals surface area contributed by atoms with Gasteiger partial charge in [-0.2, -0.15) is 0 Å². The fourth-order valence-electron chi connectivity index (χ4n) is 3.55. The Morgan fingerprint density at radius 3 is 3.00 bits per heavy atom. The van der Waals surface area contributed by atoms with Gasteiger partial charge < -0.3 is 19.4 Å². The lowest BCUT2D eigenvalue weighted by molar-refractivity contribution is 0.0674. The number of benzene rings is 1. The van der Waals surface area contributed by atoms with Crippen molar-refractivity contribution in [2.45, 2.75) is 38.8 Å². The molecule has 3 aromatic rings. The Morgan fingerprint density at radius 2 is 2.23 bits per heavy atom. The number of rotatable bonds is 6. The second kappa shape index (κ2) is 8.81. The molecule has 1 unspecified atom stereocenters. The Kier molecular flexibility index (Phi) is 5.94. The number of aryl methyl sites for hydroxylation is 1. The van der Waals surface area contributed by atoms with E-state index in [-0.39, 0.29) is 23.5 Å². The molecule has 0 saturated heterocycles. The Bertz CT molecular complexity index is 1100. The molecule has 0 bridgehead atoms. The van der Waals surface area contributed by atoms with Gasteiger partial charge in [-0.15, -0.1) is 10.2 Å². The van der Waals surface area contributed by atoms with Gasteiger partial charge in [-0.05, 0) is 56.5 Å². The molecule has 1 amide bonds. The van der Waals surface area contributed by atoms with Crippen molar-refractivity contribution in [3.8, 4) is 17.3 Å². The summed E-state index contributed by atoms with van der Waals surface area (Å²) in [6.07, 6.45) is 2.92. The number of nitrogens with zero attached hydrogens (tertiary/aromatic N) is 4. The molecule has 31 heavy (non-hydrogen) atoms. The van der Waals surface area contributed by atoms with E-state index in [1.165, 1.54) is 12.1 Å². The summed E-state index contributed by atoms with van der Waals surface area (Å²) < 4.78 is 27.5. The standard InChI is InChI=1S/C22H24FN5O3/c1-13(2)28-12-24-27-21(28)18-5-4-6-20(25-18)26-22(29)16-10-19-14(9-17(16)23)7-8-15(31-19)11-30-3/h4-6,9-10,12-13,15H,7-8,11H2,1-3H3,(H,25,26,29). The van der Waals surface area contributed by atoms with Crippen LogP contribution in [0.4, 0.5) is 10.2 Å². The third-order valence-electron chi connectivity index (χ3n) is 5.13. The van der Waals surface area contributed by atoms with Gasteiger partial charge in [-0.3, -0.25) is 4.79 Å². The summed E-state index contributed by atoms with van der Waals surface area (Å²) in [6.45, 7) is 4.46. The summed E-state index contributed by atoms with van der Waals surface area (Å²) >= 11 is 0. The molecule has 8 nitrogen and oxygen atoms in total. The molecule has 162 valence electrons. The highest BCUT2D eigenvalue weighted by atomic mass is 19.1. The average molecular weight is 425 g/mol. The van der Waals surface area contributed by atoms with E-state index >= 15 is 0 Å². The topological polar surface area (TPSA) is 91.2 Å². The molecule has 0 fully saturated rings. The molecule has 1 aliphatic rings. The number of amides is 1. The van der Waals surface area contributed by atoms with Crippen molar-refractivity contribution in [3.05, 3.63) is 53.6 Å². The van der Waals surface area contributed by atoms with Crippen LogP contribution in [0.1, 0.15) is 42.2 Å². The Morgan fingerprint density at radius 1 is 1.39 bits per heavy atom. The zero-order chi connectivity index (χ0) is 22.0. The fraction of sp³-hybridized carbons (Fsp3) is 0.364. The summed E-state index contributed by atoms with van der Waals surface area (Å²) in [6, 6.07) is 8.12. The Balaban J connectivity index is 1.56. The summed E-state index contributed by atoms with van der Waals surface area (Å²) in [5.41, 5.74) is 1.20. The lowest BCUT2D eigenvalue weighted by Gasteiger charge is -2.26. The summed E-state index contributed by atoms with van der Waals surface area (Å²) in [5, 5.41) is 10.7. The first-order valence-corrected chi connectivity index (χ1v) is 10.1. The van der Waals surface area contributed by atoms with E-state index in [0.29, 0.717) is 30.3 Å². The van der Waals surface area contributed by atoms with Crippen molar-refractivity contribution in [1.29, 1.82) is 0 Å². The van der Waals surface area contributed by atoms with Crippen LogP contribution in [0.5, 0.6) is 5.75 Å². The van der Waals surface area contributed by atoms with Gasteiger partial charge in [0.25, 0.3) is 5.91 Å². The van der Waals surface area contributed by atoms with Gasteiger partial charge >= 0.3 is 0 Å². The van der Waals surface area contributed by atoms with E-state index in [9.17, 15) is 9.18 Å². The van der Waals surface area contributed by atoms with E-state index in [1.54, 1.807) is 31.6 Å². The SMILES string of the molecule is COCC1CCc2cc(F)c(C(=O)Nc3cccc(-c4nncn4C(C)C)n3)cc2O1. The van der Waals surface area contributed by atoms with Gasteiger partial charge in [-0.1, -0.05) is 6.07 Å². The first-order chi connectivity index (χ1) is 15.0. The van der Waals surface area contributed by atoms with Crippen LogP contribution < -0.4 is 10.1 Å². The number of anilines is 1. The maximum Gasteiger partial charge on any atom is 0.259 e. The first kappa shape index (κ1) is 20.9. The van der Waals surface area contributed by atoms with Crippen LogP contribution >= 0.6 is 0 Å². The van der Waals surface area contributed by atoms with Crippen LogP contribution in [-0.2, 0) is 11.2 Å². The van der Waals surface area contributed by atoms with Crippen LogP contribution in [0.15, 0.2) is 36.7 Å². The number of pyridine rings is 1. The molecule has 4 rings (SSSR count). The molecular weight excluding hydrogens is 401 g/mol. The van der Waals surface area contributed by atoms with Crippen molar-refractivity contribution < 1.29 is 18.7 Å². The van der Waals surface area contributed by atoms with Crippen LogP contribution in [0.2, 0.25) is 0 Å². The molecule has 1 aromatic carbocycles. The van der Waals surface area contributed by atoms with Crippen molar-refractivity contribution in [1.82, 2.24) is 19.7 Å². The fourth-order valence-corrected chi connectivity index (χ4v) is 3.55. The molecule has 1 aliphatic heterocycles. The third-order valence-corrected chi connectivity index (χ3v) is 5.13. The molecular formula is C22H24FN5O3. The second-order valence-electron chi connectivity index (χ2n) is 7.69. The average Bonchev–Trinajstić information content (AvgIpc) is 3.24. The Hall–Kier alpha value is -3.33. The van der Waals surface area contributed by atoms with Crippen molar-refractivity contribution in [2.24, 2.45) is 0 Å². The molecule has 2 aromatic heterocycles. The number of fused-ring (bicyclic) bond motifs is 1. The van der Waals surface area contributed by atoms with Gasteiger partial charge in [0.05, 0.1) is 12.2 Å². The molecule has 0 spiro atoms. The highest BCUT2D eigenvalue weighted by Gasteiger charge is 2.24. The number of hydrogen-bond donors (Lipinski definition) is 1. The van der Waals surface area contributed by atoms with E-state index in [4.69, 9.17) is 9.47 Å². The molecule has 0 radical (unpaired) electrons. The predicted molar refractivity (Wildman–Crippen MR) is 113 cm³/mol. The minimum Gasteiger partial charge on any atom is -0.488 e. The molecule has 0 saturated carbocycles. The minimum absolute atomic E-state index is 0.102. The predicted octanol–water partition coefficient (Wildman–Crippen LogP) is 3.65. The number of hydrogen-bond acceptors (Lipinski definition) is 6. The van der Waals surface area contributed by atoms with Gasteiger partial charge in [0.15, 0.2) is 5.82 Å². The van der Waals surface area contributed by atoms with Crippen LogP contribution in [0.25, 0.3) is 11.5 Å². The zero-order valence-corrected chi connectivity index (χ0v) is 17.6. The van der Waals surface area contributed by atoms with Crippen molar-refractivity contribution in [3.63, 3.8) is 0 Å². The second-order valence-corrected chi connectivity index (χ2v) is 7.69. The van der Waals surface area contributed by atoms with Gasteiger partial charge in [0.1, 0.15) is 35.5 Å². The molecule has 0 aliphatic carbocycles. The largest absolute Gasteiger partial charge is 0.488 e. The number of methoxy groups -OCH3 is 1. The summed E-state index contributed by atoms with van der Waals surface area (Å²) in [4.78, 5) is 17.2. The maximum atomic E-state index is 14.6. The first-order valence-electron chi connectivity index (χ1n) is 10.1. The normalized spacial score (nSPS) is 15.5. The monoisotopic (exact) mass is 425 g/mol. The van der Waals surface area contributed by atoms with E-state index in [2.05, 4.69) is 20.5 Å². The number of aromatic nitrogens is 4. The lowest BCUT2D eigenvalue weighted by atomic mass is 10.00. The van der Waals surface area contributed by atoms with Crippen LogP contribution in [0.3, 0.4) is 0 Å². The van der Waals surface area contributed by atoms with E-state index in [1.807, 2.05) is 18.4 Å². The smallest absolute Gasteiger partial charge is 0.259 e. The summed E-state index contributed by atoms with van der Waals surface area (Å²) in [5.74, 6) is 0.180. The number of ether oxygens (including phenoxy) is 2. The molecule has 3 heterocycles. The quantitative estimate of drug-likeness (QED) is 0.648. The molecule has 1 atom stereocenters. The number of nitrogens with one attached hydrogen (secondary N) is 1. The molecule has 1 N–H and O–H groups in total. The van der Waals surface area contributed by atoms with Gasteiger partial charge in [0.2, 0.25) is 0 Å². The zero-order valence-electron chi connectivity index (χ0n) is 17.6. The summed E-state index contributed by atoms with van der Waals surface area (Å²) in [7, 11) is 1.60. The highest BCUT2D eigenvalue weighted by Crippen LogP contribution is 2.31. The number of carbonyl (C=O) groups excluding carboxylic acids is 1. The third kappa shape index (κ3) is 4.41. The van der Waals surface area contributed by atoms with Gasteiger partial charge in [-0.25, -0.2) is 9.37 Å². The number of halogens is 1. The maximum absolute atomic E-state index is 14.6. The van der Waals surface area contributed by atoms with Crippen LogP contribution in [-0.4, -0.2) is 45.5 Å². The van der Waals surface area contributed by atoms with Crippen molar-refractivity contribution >= 4 is 11.7 Å². The van der Waals surface area contributed by atoms with Crippen molar-refractivity contribution in [2.75, 3.05) is 19.0 Å². The minimum atomic E-state index is -0.604. The Labute approximate surface area is 179 Å². The lowest BCUT2D eigenvalue weighted by Crippen LogP contribution is -2.27. The van der Waals surface area contributed by atoms with Crippen LogP contribution in [0, 0.1) is 5.82 Å². The van der Waals surface area contributed by atoms with E-state index < -0.39 is 11.7 Å². The van der Waals surface area contributed by atoms with E-state index in [0.717, 1.165) is 12.0 Å². The molecule has 9 heteroatoms.